The molecule has 0 radical (unpaired) electrons. The molecule has 3 aliphatic rings. The second kappa shape index (κ2) is 14.4. The lowest BCUT2D eigenvalue weighted by molar-refractivity contribution is -0.142. The third-order valence-electron chi connectivity index (χ3n) is 9.94. The molecule has 1 saturated carbocycles. The van der Waals surface area contributed by atoms with Crippen LogP contribution >= 0.6 is 11.3 Å². The van der Waals surface area contributed by atoms with Crippen molar-refractivity contribution in [2.75, 3.05) is 26.2 Å². The summed E-state index contributed by atoms with van der Waals surface area (Å²) in [5, 5.41) is 17.0. The number of allylic oxidation sites excluding steroid dienone is 1. The van der Waals surface area contributed by atoms with Crippen LogP contribution in [0.5, 0.6) is 0 Å². The number of nitrogens with one attached hydrogen (secondary N) is 2. The number of hydrogen-bond acceptors (Lipinski definition) is 8. The monoisotopic (exact) mass is 650 g/mol. The summed E-state index contributed by atoms with van der Waals surface area (Å²) in [5.74, 6) is 0.196. The number of rotatable bonds is 11. The molecule has 5 N–H and O–H groups in total. The predicted molar refractivity (Wildman–Crippen MR) is 185 cm³/mol. The highest BCUT2D eigenvalue weighted by atomic mass is 32.1. The van der Waals surface area contributed by atoms with Crippen molar-refractivity contribution in [3.8, 4) is 10.4 Å². The van der Waals surface area contributed by atoms with Crippen molar-refractivity contribution in [3.63, 3.8) is 0 Å². The van der Waals surface area contributed by atoms with Crippen molar-refractivity contribution in [1.82, 2.24) is 25.4 Å². The Labute approximate surface area is 279 Å². The van der Waals surface area contributed by atoms with Gasteiger partial charge in [-0.05, 0) is 68.4 Å². The number of carbonyl (C=O) groups excluding carboxylic acids is 2. The van der Waals surface area contributed by atoms with Gasteiger partial charge in [-0.3, -0.25) is 14.5 Å². The highest BCUT2D eigenvalue weighted by Crippen LogP contribution is 2.32. The summed E-state index contributed by atoms with van der Waals surface area (Å²) in [6.45, 7) is 12.6. The van der Waals surface area contributed by atoms with Gasteiger partial charge in [0.1, 0.15) is 12.1 Å². The smallest absolute Gasteiger partial charge is 0.246 e. The number of nitrogens with two attached hydrogens (primary N) is 1. The molecule has 2 amide bonds. The van der Waals surface area contributed by atoms with E-state index in [1.807, 2.05) is 25.6 Å². The molecule has 3 unspecified atom stereocenters. The lowest BCUT2D eigenvalue weighted by Crippen LogP contribution is -2.60. The van der Waals surface area contributed by atoms with E-state index in [0.717, 1.165) is 53.2 Å². The summed E-state index contributed by atoms with van der Waals surface area (Å²) in [6, 6.07) is 7.13. The number of hydrogen-bond donors (Lipinski definition) is 4. The number of nitrogens with zero attached hydrogens (tertiary/aromatic N) is 3. The number of β-amino-alcohol motifs (C(OH)–C–C–N with tert-alkyl or cyclic N) is 1. The van der Waals surface area contributed by atoms with Gasteiger partial charge in [-0.25, -0.2) is 4.98 Å². The zero-order valence-electron chi connectivity index (χ0n) is 28.3. The minimum Gasteiger partial charge on any atom is -0.401 e. The van der Waals surface area contributed by atoms with E-state index in [9.17, 15) is 14.7 Å². The SMILES string of the molecule is Cc1ncsc1-c1ccc(C(CCN2CC(C)(O)C2)NC(=O)C2CCCN2C(=O)C(N/C=C(\N)C2CCCCC2)C(C)(C)C)cc1. The number of amides is 2. The van der Waals surface area contributed by atoms with Crippen LogP contribution in [0.15, 0.2) is 41.7 Å². The van der Waals surface area contributed by atoms with Crippen LogP contribution in [0.3, 0.4) is 0 Å². The minimum atomic E-state index is -0.647. The Bertz CT molecular complexity index is 1370. The van der Waals surface area contributed by atoms with Crippen LogP contribution in [0.1, 0.15) is 96.4 Å². The van der Waals surface area contributed by atoms with E-state index in [1.165, 1.54) is 19.3 Å². The number of aryl methyl sites for hydroxylation is 1. The summed E-state index contributed by atoms with van der Waals surface area (Å²) in [6.07, 6.45) is 9.84. The van der Waals surface area contributed by atoms with E-state index in [0.29, 0.717) is 38.4 Å². The normalized spacial score (nSPS) is 22.3. The Hall–Kier alpha value is -2.95. The summed E-state index contributed by atoms with van der Waals surface area (Å²) in [4.78, 5) is 37.7. The first kappa shape index (κ1) is 34.4. The van der Waals surface area contributed by atoms with Gasteiger partial charge >= 0.3 is 0 Å². The van der Waals surface area contributed by atoms with Crippen LogP contribution < -0.4 is 16.4 Å². The Morgan fingerprint density at radius 1 is 1.13 bits per heavy atom. The fourth-order valence-corrected chi connectivity index (χ4v) is 8.13. The van der Waals surface area contributed by atoms with Crippen LogP contribution in [-0.2, 0) is 9.59 Å². The average molecular weight is 651 g/mol. The van der Waals surface area contributed by atoms with E-state index in [2.05, 4.69) is 65.6 Å². The van der Waals surface area contributed by atoms with Gasteiger partial charge in [0.05, 0.1) is 27.7 Å². The van der Waals surface area contributed by atoms with Crippen LogP contribution in [0.25, 0.3) is 10.4 Å². The Morgan fingerprint density at radius 3 is 2.43 bits per heavy atom. The zero-order valence-corrected chi connectivity index (χ0v) is 29.2. The molecule has 2 aliphatic heterocycles. The Balaban J connectivity index is 1.29. The molecule has 9 nitrogen and oxygen atoms in total. The van der Waals surface area contributed by atoms with Crippen molar-refractivity contribution >= 4 is 23.2 Å². The topological polar surface area (TPSA) is 124 Å². The Morgan fingerprint density at radius 2 is 1.83 bits per heavy atom. The first-order chi connectivity index (χ1) is 21.8. The fourth-order valence-electron chi connectivity index (χ4n) is 7.32. The fraction of sp³-hybridized carbons (Fsp3) is 0.639. The van der Waals surface area contributed by atoms with Crippen molar-refractivity contribution < 1.29 is 14.7 Å². The van der Waals surface area contributed by atoms with E-state index in [4.69, 9.17) is 5.73 Å². The van der Waals surface area contributed by atoms with Crippen LogP contribution in [-0.4, -0.2) is 75.6 Å². The molecule has 1 aromatic heterocycles. The molecular formula is C36H54N6O3S. The van der Waals surface area contributed by atoms with E-state index < -0.39 is 17.7 Å². The first-order valence-electron chi connectivity index (χ1n) is 17.1. The number of likely N-dealkylation sites (tertiary alicyclic amines) is 2. The standard InChI is InChI=1S/C36H54N6O3S/c1-24-31(46-23-39-24)27-15-13-26(14-16-27)29(17-19-41-21-36(5,45)22-41)40-33(43)30-12-9-18-42(30)34(44)32(35(2,3)4)38-20-28(37)25-10-7-6-8-11-25/h13-16,20,23,25,29-30,32,38,45H,6-12,17-19,21-22,37H2,1-5H3,(H,40,43)/b28-20-. The van der Waals surface area contributed by atoms with Crippen LogP contribution in [0, 0.1) is 18.3 Å². The van der Waals surface area contributed by atoms with Crippen LogP contribution in [0.4, 0.5) is 0 Å². The maximum atomic E-state index is 14.1. The molecule has 252 valence electrons. The lowest BCUT2D eigenvalue weighted by Gasteiger charge is -2.44. The minimum absolute atomic E-state index is 0.0542. The molecule has 10 heteroatoms. The van der Waals surface area contributed by atoms with Crippen molar-refractivity contribution in [3.05, 3.63) is 52.9 Å². The maximum Gasteiger partial charge on any atom is 0.246 e. The molecule has 3 heterocycles. The zero-order chi connectivity index (χ0) is 33.1. The first-order valence-corrected chi connectivity index (χ1v) is 18.0. The highest BCUT2D eigenvalue weighted by Gasteiger charge is 2.42. The summed E-state index contributed by atoms with van der Waals surface area (Å²) >= 11 is 1.62. The molecule has 3 fully saturated rings. The molecule has 1 aliphatic carbocycles. The Kier molecular flexibility index (Phi) is 10.8. The number of thiazole rings is 1. The van der Waals surface area contributed by atoms with Gasteiger partial charge in [0.15, 0.2) is 0 Å². The summed E-state index contributed by atoms with van der Waals surface area (Å²) in [7, 11) is 0. The van der Waals surface area contributed by atoms with Crippen molar-refractivity contribution in [1.29, 1.82) is 0 Å². The van der Waals surface area contributed by atoms with Gasteiger partial charge in [0.25, 0.3) is 0 Å². The largest absolute Gasteiger partial charge is 0.401 e. The van der Waals surface area contributed by atoms with Crippen molar-refractivity contribution in [2.24, 2.45) is 17.1 Å². The van der Waals surface area contributed by atoms with E-state index in [1.54, 1.807) is 16.2 Å². The second-order valence-corrected chi connectivity index (χ2v) is 15.9. The van der Waals surface area contributed by atoms with Gasteiger partial charge in [0.2, 0.25) is 11.8 Å². The van der Waals surface area contributed by atoms with Gasteiger partial charge in [-0.15, -0.1) is 11.3 Å². The molecular weight excluding hydrogens is 597 g/mol. The van der Waals surface area contributed by atoms with E-state index in [-0.39, 0.29) is 23.3 Å². The van der Waals surface area contributed by atoms with Crippen molar-refractivity contribution in [2.45, 2.75) is 110 Å². The van der Waals surface area contributed by atoms with Gasteiger partial charge in [-0.2, -0.15) is 0 Å². The molecule has 2 aromatic rings. The molecule has 1 aromatic carbocycles. The average Bonchev–Trinajstić information content (AvgIpc) is 3.67. The quantitative estimate of drug-likeness (QED) is 0.267. The van der Waals surface area contributed by atoms with Crippen LogP contribution in [0.2, 0.25) is 0 Å². The molecule has 46 heavy (non-hydrogen) atoms. The predicted octanol–water partition coefficient (Wildman–Crippen LogP) is 5.11. The number of benzene rings is 1. The second-order valence-electron chi connectivity index (χ2n) is 15.1. The summed E-state index contributed by atoms with van der Waals surface area (Å²) < 4.78 is 0. The number of aliphatic hydroxyl groups is 1. The van der Waals surface area contributed by atoms with E-state index >= 15 is 0 Å². The maximum absolute atomic E-state index is 14.1. The number of carbonyl (C=O) groups is 2. The molecule has 2 saturated heterocycles. The number of aromatic nitrogens is 1. The highest BCUT2D eigenvalue weighted by molar-refractivity contribution is 7.13. The summed E-state index contributed by atoms with van der Waals surface area (Å²) in [5.41, 5.74) is 11.3. The lowest BCUT2D eigenvalue weighted by atomic mass is 9.85. The molecule has 0 bridgehead atoms. The van der Waals surface area contributed by atoms with Gasteiger partial charge in [-0.1, -0.05) is 64.3 Å². The molecule has 0 spiro atoms. The third-order valence-corrected chi connectivity index (χ3v) is 10.9. The van der Waals surface area contributed by atoms with Gasteiger partial charge in [0, 0.05) is 38.1 Å². The van der Waals surface area contributed by atoms with Gasteiger partial charge < -0.3 is 26.4 Å². The third kappa shape index (κ3) is 8.30. The molecule has 3 atom stereocenters. The molecule has 5 rings (SSSR count).